The molecule has 10 heavy (non-hydrogen) atoms. The van der Waals surface area contributed by atoms with Crippen molar-refractivity contribution in [1.29, 1.82) is 0 Å². The second-order valence-electron chi connectivity index (χ2n) is 3.61. The fourth-order valence-electron chi connectivity index (χ4n) is 1.40. The van der Waals surface area contributed by atoms with E-state index in [9.17, 15) is 0 Å². The third-order valence-electron chi connectivity index (χ3n) is 2.62. The topological polar surface area (TPSA) is 35.2 Å². The zero-order valence-electron chi connectivity index (χ0n) is 7.05. The van der Waals surface area contributed by atoms with E-state index in [1.165, 1.54) is 0 Å². The first-order valence-electron chi connectivity index (χ1n) is 3.96. The molecular formula is C8H17NO. The normalized spacial score (nSPS) is 37.2. The Hall–Kier alpha value is -0.0800. The Morgan fingerprint density at radius 3 is 2.50 bits per heavy atom. The SMILES string of the molecule is CCO[C@@H]1C[C@@H](N)C1(C)C. The Balaban J connectivity index is 2.39. The van der Waals surface area contributed by atoms with Gasteiger partial charge in [0.05, 0.1) is 6.10 Å². The summed E-state index contributed by atoms with van der Waals surface area (Å²) in [5, 5.41) is 0. The molecule has 2 nitrogen and oxygen atoms in total. The van der Waals surface area contributed by atoms with Gasteiger partial charge in [-0.2, -0.15) is 0 Å². The van der Waals surface area contributed by atoms with Crippen molar-refractivity contribution in [2.45, 2.75) is 39.3 Å². The van der Waals surface area contributed by atoms with Gasteiger partial charge in [-0.3, -0.25) is 0 Å². The largest absolute Gasteiger partial charge is 0.378 e. The van der Waals surface area contributed by atoms with Gasteiger partial charge in [-0.05, 0) is 13.3 Å². The second-order valence-corrected chi connectivity index (χ2v) is 3.61. The van der Waals surface area contributed by atoms with Crippen molar-refractivity contribution >= 4 is 0 Å². The van der Waals surface area contributed by atoms with Crippen LogP contribution in [-0.2, 0) is 4.74 Å². The summed E-state index contributed by atoms with van der Waals surface area (Å²) in [6, 6.07) is 0.337. The van der Waals surface area contributed by atoms with Crippen LogP contribution >= 0.6 is 0 Å². The van der Waals surface area contributed by atoms with E-state index in [-0.39, 0.29) is 5.41 Å². The smallest absolute Gasteiger partial charge is 0.0655 e. The molecular weight excluding hydrogens is 126 g/mol. The second kappa shape index (κ2) is 2.51. The monoisotopic (exact) mass is 143 g/mol. The molecule has 0 aromatic heterocycles. The Morgan fingerprint density at radius 2 is 2.20 bits per heavy atom. The van der Waals surface area contributed by atoms with Crippen molar-refractivity contribution < 1.29 is 4.74 Å². The summed E-state index contributed by atoms with van der Waals surface area (Å²) in [5.41, 5.74) is 6.00. The summed E-state index contributed by atoms with van der Waals surface area (Å²) < 4.78 is 5.48. The molecule has 2 N–H and O–H groups in total. The first-order valence-corrected chi connectivity index (χ1v) is 3.96. The summed E-state index contributed by atoms with van der Waals surface area (Å²) >= 11 is 0. The molecule has 1 rings (SSSR count). The van der Waals surface area contributed by atoms with Crippen molar-refractivity contribution in [1.82, 2.24) is 0 Å². The lowest BCUT2D eigenvalue weighted by atomic mass is 9.65. The van der Waals surface area contributed by atoms with Crippen LogP contribution in [0.3, 0.4) is 0 Å². The average molecular weight is 143 g/mol. The van der Waals surface area contributed by atoms with Gasteiger partial charge in [-0.25, -0.2) is 0 Å². The van der Waals surface area contributed by atoms with Crippen LogP contribution < -0.4 is 5.73 Å². The Kier molecular flexibility index (Phi) is 2.02. The minimum absolute atomic E-state index is 0.204. The molecule has 1 aliphatic rings. The predicted molar refractivity (Wildman–Crippen MR) is 41.8 cm³/mol. The molecule has 0 spiro atoms. The van der Waals surface area contributed by atoms with Crippen LogP contribution in [0.2, 0.25) is 0 Å². The van der Waals surface area contributed by atoms with E-state index in [1.54, 1.807) is 0 Å². The first kappa shape index (κ1) is 8.02. The summed E-state index contributed by atoms with van der Waals surface area (Å²) in [6.45, 7) is 7.17. The Morgan fingerprint density at radius 1 is 1.60 bits per heavy atom. The van der Waals surface area contributed by atoms with Crippen molar-refractivity contribution in [2.24, 2.45) is 11.1 Å². The summed E-state index contributed by atoms with van der Waals surface area (Å²) in [7, 11) is 0. The molecule has 0 aromatic rings. The van der Waals surface area contributed by atoms with Crippen LogP contribution in [0.4, 0.5) is 0 Å². The molecule has 1 aliphatic carbocycles. The zero-order valence-corrected chi connectivity index (χ0v) is 7.05. The van der Waals surface area contributed by atoms with Crippen LogP contribution in [-0.4, -0.2) is 18.8 Å². The lowest BCUT2D eigenvalue weighted by Crippen LogP contribution is -2.58. The van der Waals surface area contributed by atoms with Gasteiger partial charge < -0.3 is 10.5 Å². The van der Waals surface area contributed by atoms with Gasteiger partial charge in [0.25, 0.3) is 0 Å². The maximum Gasteiger partial charge on any atom is 0.0655 e. The van der Waals surface area contributed by atoms with Gasteiger partial charge in [-0.1, -0.05) is 13.8 Å². The third kappa shape index (κ3) is 1.06. The highest BCUT2D eigenvalue weighted by atomic mass is 16.5. The standard InChI is InChI=1S/C8H17NO/c1-4-10-7-5-6(9)8(7,2)3/h6-7H,4-5,9H2,1-3H3/t6-,7-/m1/s1. The van der Waals surface area contributed by atoms with E-state index in [1.807, 2.05) is 6.92 Å². The van der Waals surface area contributed by atoms with Gasteiger partial charge in [0.1, 0.15) is 0 Å². The van der Waals surface area contributed by atoms with Crippen LogP contribution in [0.5, 0.6) is 0 Å². The molecule has 0 unspecified atom stereocenters. The quantitative estimate of drug-likeness (QED) is 0.629. The first-order chi connectivity index (χ1) is 4.59. The third-order valence-corrected chi connectivity index (χ3v) is 2.62. The van der Waals surface area contributed by atoms with E-state index in [4.69, 9.17) is 10.5 Å². The Bertz CT molecular complexity index is 120. The molecule has 2 atom stereocenters. The van der Waals surface area contributed by atoms with Crippen LogP contribution in [0.15, 0.2) is 0 Å². The Labute approximate surface area is 62.7 Å². The van der Waals surface area contributed by atoms with Gasteiger partial charge in [0.15, 0.2) is 0 Å². The number of rotatable bonds is 2. The van der Waals surface area contributed by atoms with Crippen LogP contribution in [0.25, 0.3) is 0 Å². The predicted octanol–water partition coefficient (Wildman–Crippen LogP) is 1.15. The molecule has 1 fully saturated rings. The van der Waals surface area contributed by atoms with Crippen molar-refractivity contribution in [3.8, 4) is 0 Å². The van der Waals surface area contributed by atoms with E-state index in [0.717, 1.165) is 13.0 Å². The van der Waals surface area contributed by atoms with E-state index in [0.29, 0.717) is 12.1 Å². The molecule has 1 saturated carbocycles. The van der Waals surface area contributed by atoms with Gasteiger partial charge >= 0.3 is 0 Å². The minimum atomic E-state index is 0.204. The molecule has 0 aromatic carbocycles. The summed E-state index contributed by atoms with van der Waals surface area (Å²) in [4.78, 5) is 0. The lowest BCUT2D eigenvalue weighted by molar-refractivity contribution is -0.103. The number of ether oxygens (including phenoxy) is 1. The molecule has 0 aliphatic heterocycles. The van der Waals surface area contributed by atoms with Gasteiger partial charge in [-0.15, -0.1) is 0 Å². The molecule has 0 heterocycles. The molecule has 0 radical (unpaired) electrons. The summed E-state index contributed by atoms with van der Waals surface area (Å²) in [5.74, 6) is 0. The highest BCUT2D eigenvalue weighted by molar-refractivity contribution is 5.00. The molecule has 60 valence electrons. The maximum atomic E-state index is 5.80. The minimum Gasteiger partial charge on any atom is -0.378 e. The van der Waals surface area contributed by atoms with E-state index in [2.05, 4.69) is 13.8 Å². The zero-order chi connectivity index (χ0) is 7.78. The average Bonchev–Trinajstić information content (AvgIpc) is 1.88. The van der Waals surface area contributed by atoms with E-state index < -0.39 is 0 Å². The molecule has 0 saturated heterocycles. The summed E-state index contributed by atoms with van der Waals surface area (Å²) in [6.07, 6.45) is 1.42. The van der Waals surface area contributed by atoms with E-state index >= 15 is 0 Å². The molecule has 0 amide bonds. The number of hydrogen-bond donors (Lipinski definition) is 1. The molecule has 2 heteroatoms. The van der Waals surface area contributed by atoms with Crippen LogP contribution in [0, 0.1) is 5.41 Å². The van der Waals surface area contributed by atoms with Crippen molar-refractivity contribution in [3.63, 3.8) is 0 Å². The maximum absolute atomic E-state index is 5.80. The fraction of sp³-hybridized carbons (Fsp3) is 1.00. The van der Waals surface area contributed by atoms with Crippen LogP contribution in [0.1, 0.15) is 27.2 Å². The lowest BCUT2D eigenvalue weighted by Gasteiger charge is -2.49. The highest BCUT2D eigenvalue weighted by Gasteiger charge is 2.46. The van der Waals surface area contributed by atoms with Gasteiger partial charge in [0, 0.05) is 18.1 Å². The molecule has 0 bridgehead atoms. The fourth-order valence-corrected chi connectivity index (χ4v) is 1.40. The number of nitrogens with two attached hydrogens (primary N) is 1. The van der Waals surface area contributed by atoms with Crippen molar-refractivity contribution in [3.05, 3.63) is 0 Å². The highest BCUT2D eigenvalue weighted by Crippen LogP contribution is 2.41. The number of hydrogen-bond acceptors (Lipinski definition) is 2. The van der Waals surface area contributed by atoms with Crippen molar-refractivity contribution in [2.75, 3.05) is 6.61 Å². The van der Waals surface area contributed by atoms with Gasteiger partial charge in [0.2, 0.25) is 0 Å².